The third kappa shape index (κ3) is 5.36. The lowest BCUT2D eigenvalue weighted by molar-refractivity contribution is -0.141. The molecule has 0 spiro atoms. The normalized spacial score (nSPS) is 14.3. The van der Waals surface area contributed by atoms with E-state index in [1.165, 1.54) is 18.1 Å². The van der Waals surface area contributed by atoms with Gasteiger partial charge < -0.3 is 9.64 Å². The number of hydrogen-bond acceptors (Lipinski definition) is 5. The fourth-order valence-electron chi connectivity index (χ4n) is 4.23. The van der Waals surface area contributed by atoms with Gasteiger partial charge in [0.1, 0.15) is 11.4 Å². The van der Waals surface area contributed by atoms with Gasteiger partial charge >= 0.3 is 6.18 Å². The number of rotatable bonds is 5. The monoisotopic (exact) mass is 580 g/mol. The number of hydrogen-bond donors (Lipinski definition) is 0. The van der Waals surface area contributed by atoms with Gasteiger partial charge in [-0.2, -0.15) is 13.2 Å². The Labute approximate surface area is 230 Å². The van der Waals surface area contributed by atoms with E-state index >= 15 is 0 Å². The molecule has 1 fully saturated rings. The minimum absolute atomic E-state index is 0.0694. The summed E-state index contributed by atoms with van der Waals surface area (Å²) < 4.78 is 47.8. The lowest BCUT2D eigenvalue weighted by atomic mass is 10.1. The van der Waals surface area contributed by atoms with Gasteiger partial charge in [-0.1, -0.05) is 41.4 Å². The van der Waals surface area contributed by atoms with Crippen molar-refractivity contribution < 1.29 is 22.7 Å². The molecule has 38 heavy (non-hydrogen) atoms. The van der Waals surface area contributed by atoms with Gasteiger partial charge in [-0.25, -0.2) is 9.97 Å². The number of amides is 1. The fourth-order valence-corrected chi connectivity index (χ4v) is 5.74. The number of ether oxygens (including phenoxy) is 1. The summed E-state index contributed by atoms with van der Waals surface area (Å²) in [6, 6.07) is 12.1. The molecule has 4 heterocycles. The first kappa shape index (κ1) is 26.8. The first-order chi connectivity index (χ1) is 18.1. The van der Waals surface area contributed by atoms with Gasteiger partial charge in [-0.3, -0.25) is 8.77 Å². The SMILES string of the molecule is Cc1cc(C(F)(F)F)nc2c1cc(Cc1c(Cl)cnc(C(=O)N3CCOCC3)c1Cl)n2Sc1ccccc1. The zero-order valence-corrected chi connectivity index (χ0v) is 22.4. The van der Waals surface area contributed by atoms with Gasteiger partial charge in [0, 0.05) is 41.7 Å². The Morgan fingerprint density at radius 3 is 2.53 bits per heavy atom. The van der Waals surface area contributed by atoms with E-state index in [0.717, 1.165) is 11.0 Å². The standard InChI is InChI=1S/C26H21Cl2F3N4O2S/c1-15-11-21(26(29,30)31)33-24-18(15)12-16(35(24)38-17-5-3-2-4-6-17)13-19-20(27)14-32-23(22(19)28)25(36)34-7-9-37-10-8-34/h2-6,11-12,14H,7-10,13H2,1H3. The summed E-state index contributed by atoms with van der Waals surface area (Å²) in [4.78, 5) is 23.7. The summed E-state index contributed by atoms with van der Waals surface area (Å²) in [6.07, 6.45) is -3.09. The molecule has 0 unspecified atom stereocenters. The second kappa shape index (κ2) is 10.8. The molecule has 12 heteroatoms. The van der Waals surface area contributed by atoms with E-state index in [-0.39, 0.29) is 33.7 Å². The number of benzene rings is 1. The largest absolute Gasteiger partial charge is 0.433 e. The van der Waals surface area contributed by atoms with Crippen molar-refractivity contribution in [2.45, 2.75) is 24.4 Å². The van der Waals surface area contributed by atoms with Crippen molar-refractivity contribution >= 4 is 52.1 Å². The fraction of sp³-hybridized carbons (Fsp3) is 0.269. The Bertz CT molecular complexity index is 1510. The van der Waals surface area contributed by atoms with Crippen LogP contribution in [0.3, 0.4) is 0 Å². The summed E-state index contributed by atoms with van der Waals surface area (Å²) in [5, 5.41) is 0.925. The maximum atomic E-state index is 13.6. The van der Waals surface area contributed by atoms with Gasteiger partial charge in [0.15, 0.2) is 5.65 Å². The zero-order valence-electron chi connectivity index (χ0n) is 20.1. The third-order valence-corrected chi connectivity index (χ3v) is 7.97. The average Bonchev–Trinajstić information content (AvgIpc) is 3.24. The molecule has 0 saturated carbocycles. The van der Waals surface area contributed by atoms with Crippen LogP contribution in [0.25, 0.3) is 11.0 Å². The number of morpholine rings is 1. The highest BCUT2D eigenvalue weighted by Gasteiger charge is 2.34. The number of alkyl halides is 3. The molecule has 1 aliphatic rings. The minimum Gasteiger partial charge on any atom is -0.378 e. The van der Waals surface area contributed by atoms with E-state index in [4.69, 9.17) is 27.9 Å². The van der Waals surface area contributed by atoms with Crippen LogP contribution in [-0.4, -0.2) is 51.1 Å². The van der Waals surface area contributed by atoms with E-state index in [9.17, 15) is 18.0 Å². The maximum absolute atomic E-state index is 13.6. The van der Waals surface area contributed by atoms with Crippen molar-refractivity contribution in [3.8, 4) is 0 Å². The summed E-state index contributed by atoms with van der Waals surface area (Å²) in [6.45, 7) is 3.30. The molecular weight excluding hydrogens is 560 g/mol. The van der Waals surface area contributed by atoms with E-state index in [1.54, 1.807) is 21.9 Å². The molecule has 0 aliphatic carbocycles. The van der Waals surface area contributed by atoms with E-state index < -0.39 is 11.9 Å². The smallest absolute Gasteiger partial charge is 0.378 e. The number of aromatic nitrogens is 3. The van der Waals surface area contributed by atoms with Crippen LogP contribution >= 0.6 is 35.1 Å². The summed E-state index contributed by atoms with van der Waals surface area (Å²) >= 11 is 14.4. The van der Waals surface area contributed by atoms with Crippen LogP contribution in [0.1, 0.15) is 33.0 Å². The van der Waals surface area contributed by atoms with Gasteiger partial charge in [0.25, 0.3) is 5.91 Å². The average molecular weight is 581 g/mol. The highest BCUT2D eigenvalue weighted by molar-refractivity contribution is 7.98. The minimum atomic E-state index is -4.60. The van der Waals surface area contributed by atoms with Crippen molar-refractivity contribution in [2.75, 3.05) is 26.3 Å². The van der Waals surface area contributed by atoms with Crippen LogP contribution in [0, 0.1) is 6.92 Å². The van der Waals surface area contributed by atoms with Crippen molar-refractivity contribution in [3.05, 3.63) is 86.9 Å². The van der Waals surface area contributed by atoms with Crippen LogP contribution in [0.4, 0.5) is 13.2 Å². The van der Waals surface area contributed by atoms with Gasteiger partial charge in [-0.15, -0.1) is 0 Å². The molecule has 0 radical (unpaired) electrons. The molecule has 0 N–H and O–H groups in total. The molecule has 5 rings (SSSR count). The van der Waals surface area contributed by atoms with Crippen LogP contribution in [0.5, 0.6) is 0 Å². The van der Waals surface area contributed by atoms with Gasteiger partial charge in [0.05, 0.1) is 23.3 Å². The molecule has 1 aromatic carbocycles. The Hall–Kier alpha value is -2.79. The number of carbonyl (C=O) groups is 1. The summed E-state index contributed by atoms with van der Waals surface area (Å²) in [5.74, 6) is -0.331. The second-order valence-electron chi connectivity index (χ2n) is 8.72. The van der Waals surface area contributed by atoms with Crippen molar-refractivity contribution in [2.24, 2.45) is 0 Å². The Morgan fingerprint density at radius 2 is 1.84 bits per heavy atom. The number of halogens is 5. The van der Waals surface area contributed by atoms with Crippen molar-refractivity contribution in [1.82, 2.24) is 18.8 Å². The van der Waals surface area contributed by atoms with E-state index in [0.29, 0.717) is 48.5 Å². The van der Waals surface area contributed by atoms with Crippen LogP contribution in [0.2, 0.25) is 10.0 Å². The van der Waals surface area contributed by atoms with Gasteiger partial charge in [-0.05, 0) is 54.3 Å². The predicted octanol–water partition coefficient (Wildman–Crippen LogP) is 6.68. The number of fused-ring (bicyclic) bond motifs is 1. The highest BCUT2D eigenvalue weighted by atomic mass is 35.5. The Kier molecular flexibility index (Phi) is 7.59. The molecule has 6 nitrogen and oxygen atoms in total. The maximum Gasteiger partial charge on any atom is 0.433 e. The number of aryl methyl sites for hydroxylation is 1. The molecule has 198 valence electrons. The van der Waals surface area contributed by atoms with Crippen molar-refractivity contribution in [3.63, 3.8) is 0 Å². The zero-order chi connectivity index (χ0) is 27.0. The Morgan fingerprint density at radius 1 is 1.13 bits per heavy atom. The van der Waals surface area contributed by atoms with Gasteiger partial charge in [0.2, 0.25) is 0 Å². The Balaban J connectivity index is 1.61. The number of nitrogens with zero attached hydrogens (tertiary/aromatic N) is 4. The third-order valence-electron chi connectivity index (χ3n) is 6.17. The topological polar surface area (TPSA) is 60.3 Å². The molecule has 4 aromatic rings. The van der Waals surface area contributed by atoms with Crippen molar-refractivity contribution in [1.29, 1.82) is 0 Å². The van der Waals surface area contributed by atoms with Crippen LogP contribution < -0.4 is 0 Å². The number of carbonyl (C=O) groups excluding carboxylic acids is 1. The summed E-state index contributed by atoms with van der Waals surface area (Å²) in [7, 11) is 0. The lowest BCUT2D eigenvalue weighted by Crippen LogP contribution is -2.41. The summed E-state index contributed by atoms with van der Waals surface area (Å²) in [5.41, 5.74) is 0.772. The first-order valence-electron chi connectivity index (χ1n) is 11.7. The molecule has 0 atom stereocenters. The molecule has 1 saturated heterocycles. The number of pyridine rings is 2. The second-order valence-corrected chi connectivity index (χ2v) is 10.5. The predicted molar refractivity (Wildman–Crippen MR) is 141 cm³/mol. The molecule has 1 amide bonds. The molecule has 3 aromatic heterocycles. The lowest BCUT2D eigenvalue weighted by Gasteiger charge is -2.27. The molecular formula is C26H21Cl2F3N4O2S. The first-order valence-corrected chi connectivity index (χ1v) is 13.2. The van der Waals surface area contributed by atoms with Crippen LogP contribution in [-0.2, 0) is 17.3 Å². The van der Waals surface area contributed by atoms with E-state index in [1.807, 2.05) is 30.3 Å². The molecule has 0 bridgehead atoms. The van der Waals surface area contributed by atoms with E-state index in [2.05, 4.69) is 9.97 Å². The van der Waals surface area contributed by atoms with Crippen LogP contribution in [0.15, 0.2) is 53.6 Å². The quantitative estimate of drug-likeness (QED) is 0.263. The highest BCUT2D eigenvalue weighted by Crippen LogP contribution is 2.37. The molecule has 1 aliphatic heterocycles.